The molecule has 0 aliphatic heterocycles. The summed E-state index contributed by atoms with van der Waals surface area (Å²) >= 11 is 0. The van der Waals surface area contributed by atoms with Gasteiger partial charge in [-0.2, -0.15) is 0 Å². The lowest BCUT2D eigenvalue weighted by Gasteiger charge is -2.13. The van der Waals surface area contributed by atoms with Crippen molar-refractivity contribution in [2.24, 2.45) is 5.92 Å². The Labute approximate surface area is 177 Å². The Bertz CT molecular complexity index is 734. The molecule has 0 aromatic heterocycles. The van der Waals surface area contributed by atoms with Crippen LogP contribution in [0.4, 0.5) is 4.39 Å². The number of aliphatic hydroxyl groups excluding tert-OH is 1. The number of hydrogen-bond acceptors (Lipinski definition) is 5. The molecule has 1 aromatic rings. The van der Waals surface area contributed by atoms with Gasteiger partial charge in [-0.25, -0.2) is 4.39 Å². The molecule has 0 amide bonds. The molecule has 0 spiro atoms. The maximum absolute atomic E-state index is 12.8. The molecule has 2 atom stereocenters. The fourth-order valence-electron chi connectivity index (χ4n) is 2.41. The first-order valence-corrected chi connectivity index (χ1v) is 9.82. The summed E-state index contributed by atoms with van der Waals surface area (Å²) in [6.07, 6.45) is 16.1. The fourth-order valence-corrected chi connectivity index (χ4v) is 2.41. The van der Waals surface area contributed by atoms with Gasteiger partial charge in [0.15, 0.2) is 0 Å². The van der Waals surface area contributed by atoms with Crippen molar-refractivity contribution in [2.75, 3.05) is 13.7 Å². The van der Waals surface area contributed by atoms with Crippen molar-refractivity contribution >= 4 is 12.3 Å². The van der Waals surface area contributed by atoms with Crippen molar-refractivity contribution in [3.05, 3.63) is 78.7 Å². The SMILES string of the molecule is COC(=O)CCCC(O)C(C=O)/C=C/C=C/C=C\C=C\CCOc1ccc(F)cc1. The lowest BCUT2D eigenvalue weighted by atomic mass is 9.98. The van der Waals surface area contributed by atoms with Crippen LogP contribution in [0, 0.1) is 11.7 Å². The second-order valence-corrected chi connectivity index (χ2v) is 6.42. The highest BCUT2D eigenvalue weighted by atomic mass is 19.1. The van der Waals surface area contributed by atoms with E-state index in [1.807, 2.05) is 24.3 Å². The van der Waals surface area contributed by atoms with Gasteiger partial charge in [0, 0.05) is 6.42 Å². The van der Waals surface area contributed by atoms with Gasteiger partial charge in [-0.3, -0.25) is 4.79 Å². The zero-order valence-electron chi connectivity index (χ0n) is 17.2. The van der Waals surface area contributed by atoms with Crippen molar-refractivity contribution in [1.29, 1.82) is 0 Å². The van der Waals surface area contributed by atoms with E-state index in [-0.39, 0.29) is 18.2 Å². The summed E-state index contributed by atoms with van der Waals surface area (Å²) < 4.78 is 22.8. The van der Waals surface area contributed by atoms with Crippen LogP contribution in [0.3, 0.4) is 0 Å². The molecule has 0 bridgehead atoms. The number of carbonyl (C=O) groups is 2. The monoisotopic (exact) mass is 416 g/mol. The van der Waals surface area contributed by atoms with Gasteiger partial charge >= 0.3 is 5.97 Å². The van der Waals surface area contributed by atoms with Crippen LogP contribution in [0.1, 0.15) is 25.7 Å². The standard InChI is InChI=1S/C24H29FO5/c1-29-24(28)13-10-12-23(27)20(19-26)11-8-6-4-2-3-5-7-9-18-30-22-16-14-21(25)15-17-22/h2-8,11,14-17,19-20,23,27H,9-10,12-13,18H2,1H3/b3-2-,6-4+,7-5+,11-8+. The summed E-state index contributed by atoms with van der Waals surface area (Å²) in [6.45, 7) is 0.504. The Morgan fingerprint density at radius 3 is 2.43 bits per heavy atom. The number of aldehydes is 1. The molecule has 0 saturated carbocycles. The zero-order chi connectivity index (χ0) is 22.0. The number of benzene rings is 1. The minimum Gasteiger partial charge on any atom is -0.493 e. The van der Waals surface area contributed by atoms with Crippen molar-refractivity contribution in [1.82, 2.24) is 0 Å². The van der Waals surface area contributed by atoms with E-state index in [1.54, 1.807) is 36.4 Å². The molecule has 1 aromatic carbocycles. The summed E-state index contributed by atoms with van der Waals surface area (Å²) in [5.41, 5.74) is 0. The molecule has 0 heterocycles. The van der Waals surface area contributed by atoms with Crippen LogP contribution in [0.2, 0.25) is 0 Å². The maximum Gasteiger partial charge on any atom is 0.305 e. The number of ether oxygens (including phenoxy) is 2. The third-order valence-corrected chi connectivity index (χ3v) is 4.10. The summed E-state index contributed by atoms with van der Waals surface area (Å²) in [6, 6.07) is 5.90. The first-order chi connectivity index (χ1) is 14.6. The van der Waals surface area contributed by atoms with Gasteiger partial charge in [0.2, 0.25) is 0 Å². The molecule has 0 aliphatic carbocycles. The number of allylic oxidation sites excluding steroid dienone is 6. The molecule has 2 unspecified atom stereocenters. The summed E-state index contributed by atoms with van der Waals surface area (Å²) in [7, 11) is 1.32. The molecule has 0 fully saturated rings. The molecule has 0 radical (unpaired) electrons. The second kappa shape index (κ2) is 15.9. The summed E-state index contributed by atoms with van der Waals surface area (Å²) in [5, 5.41) is 10.0. The number of methoxy groups -OCH3 is 1. The highest BCUT2D eigenvalue weighted by Crippen LogP contribution is 2.12. The number of aliphatic hydroxyl groups is 1. The van der Waals surface area contributed by atoms with Crippen molar-refractivity contribution in [2.45, 2.75) is 31.8 Å². The second-order valence-electron chi connectivity index (χ2n) is 6.42. The van der Waals surface area contributed by atoms with Gasteiger partial charge in [-0.15, -0.1) is 0 Å². The van der Waals surface area contributed by atoms with E-state index in [0.29, 0.717) is 31.5 Å². The summed E-state index contributed by atoms with van der Waals surface area (Å²) in [5.74, 6) is -0.595. The van der Waals surface area contributed by atoms with Crippen LogP contribution in [0.15, 0.2) is 72.9 Å². The van der Waals surface area contributed by atoms with Gasteiger partial charge < -0.3 is 19.4 Å². The lowest BCUT2D eigenvalue weighted by molar-refractivity contribution is -0.140. The number of halogens is 1. The molecule has 30 heavy (non-hydrogen) atoms. The van der Waals surface area contributed by atoms with Crippen LogP contribution < -0.4 is 4.74 Å². The maximum atomic E-state index is 12.8. The van der Waals surface area contributed by atoms with Crippen molar-refractivity contribution < 1.29 is 28.6 Å². The topological polar surface area (TPSA) is 72.8 Å². The predicted octanol–water partition coefficient (Wildman–Crippen LogP) is 4.34. The van der Waals surface area contributed by atoms with E-state index in [0.717, 1.165) is 6.42 Å². The average Bonchev–Trinajstić information content (AvgIpc) is 2.75. The first kappa shape index (κ1) is 25.0. The molecule has 162 valence electrons. The minimum absolute atomic E-state index is 0.222. The van der Waals surface area contributed by atoms with Gasteiger partial charge in [0.25, 0.3) is 0 Å². The molecule has 6 heteroatoms. The van der Waals surface area contributed by atoms with Crippen LogP contribution in [-0.4, -0.2) is 37.2 Å². The largest absolute Gasteiger partial charge is 0.493 e. The van der Waals surface area contributed by atoms with Crippen LogP contribution in [-0.2, 0) is 14.3 Å². The first-order valence-electron chi connectivity index (χ1n) is 9.82. The fraction of sp³-hybridized carbons (Fsp3) is 0.333. The Hall–Kier alpha value is -2.99. The van der Waals surface area contributed by atoms with E-state index in [9.17, 15) is 19.1 Å². The minimum atomic E-state index is -0.826. The van der Waals surface area contributed by atoms with E-state index >= 15 is 0 Å². The van der Waals surface area contributed by atoms with Gasteiger partial charge in [-0.05, 0) is 43.5 Å². The van der Waals surface area contributed by atoms with Gasteiger partial charge in [-0.1, -0.05) is 48.6 Å². The molecular formula is C24H29FO5. The van der Waals surface area contributed by atoms with Crippen LogP contribution in [0.5, 0.6) is 5.75 Å². The summed E-state index contributed by atoms with van der Waals surface area (Å²) in [4.78, 5) is 22.2. The molecule has 1 N–H and O–H groups in total. The molecule has 5 nitrogen and oxygen atoms in total. The highest BCUT2D eigenvalue weighted by molar-refractivity contribution is 5.69. The average molecular weight is 416 g/mol. The number of esters is 1. The van der Waals surface area contributed by atoms with Crippen molar-refractivity contribution in [3.63, 3.8) is 0 Å². The van der Waals surface area contributed by atoms with E-state index in [2.05, 4.69) is 4.74 Å². The number of hydrogen-bond donors (Lipinski definition) is 1. The molecule has 0 aliphatic rings. The quantitative estimate of drug-likeness (QED) is 0.211. The normalized spacial score (nSPS) is 14.0. The van der Waals surface area contributed by atoms with E-state index in [1.165, 1.54) is 19.2 Å². The highest BCUT2D eigenvalue weighted by Gasteiger charge is 2.15. The van der Waals surface area contributed by atoms with Crippen molar-refractivity contribution in [3.8, 4) is 5.75 Å². The Morgan fingerprint density at radius 2 is 1.77 bits per heavy atom. The third-order valence-electron chi connectivity index (χ3n) is 4.10. The molecule has 0 saturated heterocycles. The Morgan fingerprint density at radius 1 is 1.10 bits per heavy atom. The lowest BCUT2D eigenvalue weighted by Crippen LogP contribution is -2.20. The van der Waals surface area contributed by atoms with Gasteiger partial charge in [0.1, 0.15) is 17.9 Å². The smallest absolute Gasteiger partial charge is 0.305 e. The number of carbonyl (C=O) groups excluding carboxylic acids is 2. The Balaban J connectivity index is 2.22. The van der Waals surface area contributed by atoms with Crippen LogP contribution >= 0.6 is 0 Å². The van der Waals surface area contributed by atoms with E-state index in [4.69, 9.17) is 4.74 Å². The Kier molecular flexibility index (Phi) is 13.3. The number of rotatable bonds is 14. The van der Waals surface area contributed by atoms with E-state index < -0.39 is 12.0 Å². The zero-order valence-corrected chi connectivity index (χ0v) is 17.2. The molecular weight excluding hydrogens is 387 g/mol. The third kappa shape index (κ3) is 11.8. The van der Waals surface area contributed by atoms with Crippen LogP contribution in [0.25, 0.3) is 0 Å². The van der Waals surface area contributed by atoms with Gasteiger partial charge in [0.05, 0.1) is 25.7 Å². The predicted molar refractivity (Wildman–Crippen MR) is 114 cm³/mol. The molecule has 1 rings (SSSR count).